The molecule has 0 N–H and O–H groups in total. The number of hydrogen-bond acceptors (Lipinski definition) is 3. The van der Waals surface area contributed by atoms with E-state index in [4.69, 9.17) is 4.52 Å². The summed E-state index contributed by atoms with van der Waals surface area (Å²) in [7, 11) is 2.16. The van der Waals surface area contributed by atoms with Crippen molar-refractivity contribution in [1.29, 1.82) is 0 Å². The Labute approximate surface area is 88.7 Å². The minimum atomic E-state index is 0.540. The van der Waals surface area contributed by atoms with E-state index in [9.17, 15) is 0 Å². The molecule has 1 atom stereocenters. The van der Waals surface area contributed by atoms with Crippen molar-refractivity contribution in [2.75, 3.05) is 20.1 Å². The lowest BCUT2D eigenvalue weighted by atomic mass is 10.0. The smallest absolute Gasteiger partial charge is 0.167 e. The van der Waals surface area contributed by atoms with Crippen LogP contribution in [0.2, 0.25) is 0 Å². The van der Waals surface area contributed by atoms with Crippen molar-refractivity contribution in [3.8, 4) is 0 Å². The number of para-hydroxylation sites is 1. The molecular weight excluding hydrogens is 188 g/mol. The summed E-state index contributed by atoms with van der Waals surface area (Å²) in [6.07, 6.45) is 1.19. The first-order valence-electron chi connectivity index (χ1n) is 5.37. The van der Waals surface area contributed by atoms with Gasteiger partial charge in [0, 0.05) is 17.8 Å². The minimum absolute atomic E-state index is 0.540. The third-order valence-electron chi connectivity index (χ3n) is 3.18. The van der Waals surface area contributed by atoms with Gasteiger partial charge in [-0.15, -0.1) is 0 Å². The maximum absolute atomic E-state index is 5.33. The van der Waals surface area contributed by atoms with E-state index in [1.165, 1.54) is 11.8 Å². The molecule has 0 bridgehead atoms. The van der Waals surface area contributed by atoms with E-state index in [1.54, 1.807) is 0 Å². The zero-order valence-corrected chi connectivity index (χ0v) is 8.81. The average molecular weight is 202 g/mol. The summed E-state index contributed by atoms with van der Waals surface area (Å²) in [5.41, 5.74) is 2.04. The Morgan fingerprint density at radius 3 is 3.07 bits per heavy atom. The van der Waals surface area contributed by atoms with Crippen LogP contribution >= 0.6 is 0 Å². The molecule has 78 valence electrons. The van der Waals surface area contributed by atoms with Crippen LogP contribution in [0, 0.1) is 0 Å². The Bertz CT molecular complexity index is 477. The number of nitrogens with zero attached hydrogens (tertiary/aromatic N) is 2. The number of aromatic nitrogens is 1. The number of likely N-dealkylation sites (tertiary alicyclic amines) is 1. The van der Waals surface area contributed by atoms with E-state index >= 15 is 0 Å². The highest BCUT2D eigenvalue weighted by Gasteiger charge is 2.25. The van der Waals surface area contributed by atoms with Crippen molar-refractivity contribution in [3.63, 3.8) is 0 Å². The fourth-order valence-electron chi connectivity index (χ4n) is 2.36. The first kappa shape index (κ1) is 8.92. The van der Waals surface area contributed by atoms with Gasteiger partial charge in [0.2, 0.25) is 0 Å². The standard InChI is InChI=1S/C12H14N2O/c1-14-7-6-9(8-14)12-10-4-2-3-5-11(10)15-13-12/h2-5,9H,6-8H2,1H3/t9-/m0/s1. The molecule has 1 saturated heterocycles. The summed E-state index contributed by atoms with van der Waals surface area (Å²) in [6, 6.07) is 8.10. The second kappa shape index (κ2) is 3.35. The van der Waals surface area contributed by atoms with Crippen LogP contribution in [0.15, 0.2) is 28.8 Å². The number of fused-ring (bicyclic) bond motifs is 1. The molecular formula is C12H14N2O. The first-order valence-corrected chi connectivity index (χ1v) is 5.37. The van der Waals surface area contributed by atoms with Gasteiger partial charge in [-0.05, 0) is 32.1 Å². The lowest BCUT2D eigenvalue weighted by molar-refractivity contribution is 0.402. The second-order valence-electron chi connectivity index (χ2n) is 4.31. The van der Waals surface area contributed by atoms with Gasteiger partial charge in [-0.3, -0.25) is 0 Å². The maximum atomic E-state index is 5.33. The van der Waals surface area contributed by atoms with Crippen molar-refractivity contribution in [2.45, 2.75) is 12.3 Å². The van der Waals surface area contributed by atoms with Crippen LogP contribution in [0.5, 0.6) is 0 Å². The van der Waals surface area contributed by atoms with E-state index in [2.05, 4.69) is 23.2 Å². The second-order valence-corrected chi connectivity index (χ2v) is 4.31. The van der Waals surface area contributed by atoms with Gasteiger partial charge in [-0.1, -0.05) is 17.3 Å². The summed E-state index contributed by atoms with van der Waals surface area (Å²) in [5, 5.41) is 5.39. The molecule has 1 aliphatic rings. The van der Waals surface area contributed by atoms with Gasteiger partial charge >= 0.3 is 0 Å². The maximum Gasteiger partial charge on any atom is 0.167 e. The highest BCUT2D eigenvalue weighted by molar-refractivity contribution is 5.79. The zero-order chi connectivity index (χ0) is 10.3. The fourth-order valence-corrected chi connectivity index (χ4v) is 2.36. The molecule has 1 aliphatic heterocycles. The Morgan fingerprint density at radius 2 is 2.27 bits per heavy atom. The fraction of sp³-hybridized carbons (Fsp3) is 0.417. The van der Waals surface area contributed by atoms with E-state index in [1.807, 2.05) is 18.2 Å². The average Bonchev–Trinajstić information content (AvgIpc) is 2.83. The Hall–Kier alpha value is -1.35. The van der Waals surface area contributed by atoms with Gasteiger partial charge in [0.1, 0.15) is 0 Å². The largest absolute Gasteiger partial charge is 0.356 e. The summed E-state index contributed by atoms with van der Waals surface area (Å²) in [5.74, 6) is 0.540. The molecule has 0 radical (unpaired) electrons. The Balaban J connectivity index is 2.04. The molecule has 1 aromatic carbocycles. The summed E-state index contributed by atoms with van der Waals surface area (Å²) < 4.78 is 5.33. The number of benzene rings is 1. The van der Waals surface area contributed by atoms with Crippen molar-refractivity contribution < 1.29 is 4.52 Å². The van der Waals surface area contributed by atoms with Crippen molar-refractivity contribution in [1.82, 2.24) is 10.1 Å². The molecule has 3 rings (SSSR count). The topological polar surface area (TPSA) is 29.3 Å². The molecule has 0 unspecified atom stereocenters. The predicted octanol–water partition coefficient (Wildman–Crippen LogP) is 2.25. The van der Waals surface area contributed by atoms with Crippen LogP contribution < -0.4 is 0 Å². The van der Waals surface area contributed by atoms with E-state index in [-0.39, 0.29) is 0 Å². The minimum Gasteiger partial charge on any atom is -0.356 e. The molecule has 1 aromatic heterocycles. The molecule has 0 amide bonds. The van der Waals surface area contributed by atoms with Gasteiger partial charge in [0.05, 0.1) is 5.69 Å². The molecule has 2 aromatic rings. The highest BCUT2D eigenvalue weighted by atomic mass is 16.5. The zero-order valence-electron chi connectivity index (χ0n) is 8.81. The van der Waals surface area contributed by atoms with Crippen LogP contribution in [0.3, 0.4) is 0 Å². The lowest BCUT2D eigenvalue weighted by Gasteiger charge is -2.06. The Kier molecular flexibility index (Phi) is 1.99. The van der Waals surface area contributed by atoms with Crippen LogP contribution in [0.4, 0.5) is 0 Å². The third-order valence-corrected chi connectivity index (χ3v) is 3.18. The summed E-state index contributed by atoms with van der Waals surface area (Å²) in [6.45, 7) is 2.25. The van der Waals surface area contributed by atoms with Gasteiger partial charge in [0.25, 0.3) is 0 Å². The third kappa shape index (κ3) is 1.43. The van der Waals surface area contributed by atoms with Crippen LogP contribution in [-0.2, 0) is 0 Å². The predicted molar refractivity (Wildman–Crippen MR) is 58.9 cm³/mol. The highest BCUT2D eigenvalue weighted by Crippen LogP contribution is 2.30. The van der Waals surface area contributed by atoms with E-state index in [0.717, 1.165) is 24.4 Å². The summed E-state index contributed by atoms with van der Waals surface area (Å²) in [4.78, 5) is 2.34. The molecule has 3 nitrogen and oxygen atoms in total. The van der Waals surface area contributed by atoms with Crippen LogP contribution in [-0.4, -0.2) is 30.2 Å². The van der Waals surface area contributed by atoms with Crippen molar-refractivity contribution >= 4 is 11.0 Å². The van der Waals surface area contributed by atoms with E-state index in [0.29, 0.717) is 5.92 Å². The number of likely N-dealkylation sites (N-methyl/N-ethyl adjacent to an activating group) is 1. The summed E-state index contributed by atoms with van der Waals surface area (Å²) >= 11 is 0. The SMILES string of the molecule is CN1CC[C@H](c2noc3ccccc23)C1. The monoisotopic (exact) mass is 202 g/mol. The normalized spacial score (nSPS) is 22.6. The van der Waals surface area contributed by atoms with Gasteiger partial charge in [0.15, 0.2) is 5.58 Å². The van der Waals surface area contributed by atoms with Gasteiger partial charge < -0.3 is 9.42 Å². The van der Waals surface area contributed by atoms with Crippen LogP contribution in [0.1, 0.15) is 18.0 Å². The number of hydrogen-bond donors (Lipinski definition) is 0. The van der Waals surface area contributed by atoms with Gasteiger partial charge in [-0.2, -0.15) is 0 Å². The number of rotatable bonds is 1. The molecule has 0 spiro atoms. The van der Waals surface area contributed by atoms with Crippen molar-refractivity contribution in [3.05, 3.63) is 30.0 Å². The van der Waals surface area contributed by atoms with E-state index < -0.39 is 0 Å². The van der Waals surface area contributed by atoms with Crippen LogP contribution in [0.25, 0.3) is 11.0 Å². The molecule has 3 heteroatoms. The molecule has 0 saturated carbocycles. The molecule has 1 fully saturated rings. The lowest BCUT2D eigenvalue weighted by Crippen LogP contribution is -2.13. The van der Waals surface area contributed by atoms with Crippen molar-refractivity contribution in [2.24, 2.45) is 0 Å². The Morgan fingerprint density at radius 1 is 1.40 bits per heavy atom. The first-order chi connectivity index (χ1) is 7.34. The molecule has 2 heterocycles. The quantitative estimate of drug-likeness (QED) is 0.710. The molecule has 0 aliphatic carbocycles. The molecule has 15 heavy (non-hydrogen) atoms. The van der Waals surface area contributed by atoms with Gasteiger partial charge in [-0.25, -0.2) is 0 Å².